The number of thiocarbonyl (C=S) groups is 1. The highest BCUT2D eigenvalue weighted by molar-refractivity contribution is 7.80. The van der Waals surface area contributed by atoms with Gasteiger partial charge in [0.15, 0.2) is 5.11 Å². The molecule has 27 heavy (non-hydrogen) atoms. The largest absolute Gasteiger partial charge is 0.466 e. The average Bonchev–Trinajstić information content (AvgIpc) is 2.63. The van der Waals surface area contributed by atoms with Crippen LogP contribution in [0.2, 0.25) is 0 Å². The summed E-state index contributed by atoms with van der Waals surface area (Å²) >= 11 is 5.46. The molecule has 1 atom stereocenters. The normalized spacial score (nSPS) is 17.4. The Kier molecular flexibility index (Phi) is 7.26. The van der Waals surface area contributed by atoms with Gasteiger partial charge < -0.3 is 19.9 Å². The summed E-state index contributed by atoms with van der Waals surface area (Å²) in [6, 6.07) is 2.42. The quantitative estimate of drug-likeness (QED) is 0.564. The molecule has 0 aromatic heterocycles. The highest BCUT2D eigenvalue weighted by Crippen LogP contribution is 2.32. The molecule has 0 aliphatic carbocycles. The maximum Gasteiger partial charge on any atom is 0.337 e. The lowest BCUT2D eigenvalue weighted by Crippen LogP contribution is -2.50. The maximum absolute atomic E-state index is 14.4. The molecule has 2 rings (SSSR count). The molecule has 0 fully saturated rings. The zero-order valence-corrected chi connectivity index (χ0v) is 16.8. The van der Waals surface area contributed by atoms with Gasteiger partial charge in [-0.3, -0.25) is 0 Å². The summed E-state index contributed by atoms with van der Waals surface area (Å²) in [5, 5.41) is 3.41. The van der Waals surface area contributed by atoms with Gasteiger partial charge >= 0.3 is 5.97 Å². The molecular weight excluding hydrogens is 372 g/mol. The Bertz CT molecular complexity index is 750. The van der Waals surface area contributed by atoms with Crippen LogP contribution in [0.4, 0.5) is 8.78 Å². The van der Waals surface area contributed by atoms with Gasteiger partial charge in [-0.25, -0.2) is 13.6 Å². The Morgan fingerprint density at radius 1 is 1.33 bits per heavy atom. The van der Waals surface area contributed by atoms with E-state index in [0.29, 0.717) is 17.4 Å². The number of carbonyl (C=O) groups excluding carboxylic acids is 1. The van der Waals surface area contributed by atoms with Crippen molar-refractivity contribution in [1.82, 2.24) is 15.1 Å². The lowest BCUT2D eigenvalue weighted by Gasteiger charge is -2.38. The molecular formula is C19H25F2N3O2S. The molecule has 0 amide bonds. The van der Waals surface area contributed by atoms with Crippen LogP contribution in [0, 0.1) is 11.6 Å². The van der Waals surface area contributed by atoms with Gasteiger partial charge in [0.1, 0.15) is 11.6 Å². The monoisotopic (exact) mass is 397 g/mol. The third-order valence-electron chi connectivity index (χ3n) is 4.81. The van der Waals surface area contributed by atoms with E-state index < -0.39 is 23.6 Å². The van der Waals surface area contributed by atoms with Crippen LogP contribution in [0.1, 0.15) is 32.4 Å². The van der Waals surface area contributed by atoms with Gasteiger partial charge in [-0.15, -0.1) is 0 Å². The van der Waals surface area contributed by atoms with E-state index in [1.54, 1.807) is 6.92 Å². The lowest BCUT2D eigenvalue weighted by atomic mass is 9.94. The van der Waals surface area contributed by atoms with Crippen molar-refractivity contribution in [2.75, 3.05) is 33.3 Å². The summed E-state index contributed by atoms with van der Waals surface area (Å²) in [5.41, 5.74) is 1.00. The molecule has 1 aromatic rings. The number of carbonyl (C=O) groups is 1. The van der Waals surface area contributed by atoms with E-state index in [1.807, 2.05) is 4.90 Å². The first-order chi connectivity index (χ1) is 12.8. The van der Waals surface area contributed by atoms with Gasteiger partial charge in [0.2, 0.25) is 0 Å². The summed E-state index contributed by atoms with van der Waals surface area (Å²) in [7, 11) is 1.27. The maximum atomic E-state index is 14.4. The highest BCUT2D eigenvalue weighted by Gasteiger charge is 2.35. The summed E-state index contributed by atoms with van der Waals surface area (Å²) in [6.45, 7) is 9.06. The molecule has 0 unspecified atom stereocenters. The van der Waals surface area contributed by atoms with Crippen LogP contribution in [0.15, 0.2) is 29.5 Å². The van der Waals surface area contributed by atoms with Gasteiger partial charge in [-0.1, -0.05) is 19.9 Å². The minimum absolute atomic E-state index is 0.141. The van der Waals surface area contributed by atoms with Crippen molar-refractivity contribution >= 4 is 23.3 Å². The van der Waals surface area contributed by atoms with Crippen molar-refractivity contribution in [3.63, 3.8) is 0 Å². The van der Waals surface area contributed by atoms with Crippen LogP contribution in [0.25, 0.3) is 0 Å². The number of rotatable bonds is 7. The van der Waals surface area contributed by atoms with E-state index in [-0.39, 0.29) is 11.1 Å². The fourth-order valence-electron chi connectivity index (χ4n) is 3.18. The second kappa shape index (κ2) is 9.23. The van der Waals surface area contributed by atoms with Crippen LogP contribution in [0.3, 0.4) is 0 Å². The van der Waals surface area contributed by atoms with Crippen LogP contribution < -0.4 is 5.32 Å². The first-order valence-corrected chi connectivity index (χ1v) is 9.29. The lowest BCUT2D eigenvalue weighted by molar-refractivity contribution is -0.136. The van der Waals surface area contributed by atoms with Crippen LogP contribution in [0.5, 0.6) is 0 Å². The number of nitrogens with one attached hydrogen (secondary N) is 1. The number of methoxy groups -OCH3 is 1. The first-order valence-electron chi connectivity index (χ1n) is 8.88. The molecule has 1 aliphatic heterocycles. The molecule has 1 heterocycles. The van der Waals surface area contributed by atoms with Gasteiger partial charge in [-0.05, 0) is 38.3 Å². The first kappa shape index (κ1) is 21.2. The van der Waals surface area contributed by atoms with Crippen LogP contribution in [-0.4, -0.2) is 54.2 Å². The standard InChI is InChI=1S/C19H25F2N3O2S/c1-5-23(6-2)9-10-24-12(3)16(18(25)26-4)17(22-19(24)27)14-8-7-13(20)11-15(14)21/h7-8,11,17H,5-6,9-10H2,1-4H3,(H,22,27)/t17-/m0/s1. The summed E-state index contributed by atoms with van der Waals surface area (Å²) in [4.78, 5) is 16.5. The molecule has 0 radical (unpaired) electrons. The van der Waals surface area contributed by atoms with Gasteiger partial charge in [0.25, 0.3) is 0 Å². The molecule has 1 aromatic carbocycles. The molecule has 0 spiro atoms. The van der Waals surface area contributed by atoms with Crippen molar-refractivity contribution < 1.29 is 18.3 Å². The van der Waals surface area contributed by atoms with E-state index >= 15 is 0 Å². The molecule has 1 aliphatic rings. The molecule has 148 valence electrons. The zero-order chi connectivity index (χ0) is 20.1. The summed E-state index contributed by atoms with van der Waals surface area (Å²) in [5.74, 6) is -2.01. The molecule has 0 saturated heterocycles. The summed E-state index contributed by atoms with van der Waals surface area (Å²) in [6.07, 6.45) is 0. The van der Waals surface area contributed by atoms with E-state index in [0.717, 1.165) is 31.8 Å². The predicted molar refractivity (Wildman–Crippen MR) is 104 cm³/mol. The van der Waals surface area contributed by atoms with Crippen molar-refractivity contribution in [2.45, 2.75) is 26.8 Å². The van der Waals surface area contributed by atoms with E-state index in [1.165, 1.54) is 13.2 Å². The van der Waals surface area contributed by atoms with Gasteiger partial charge in [0, 0.05) is 30.4 Å². The smallest absolute Gasteiger partial charge is 0.337 e. The zero-order valence-electron chi connectivity index (χ0n) is 16.0. The van der Waals surface area contributed by atoms with Crippen LogP contribution >= 0.6 is 12.2 Å². The van der Waals surface area contributed by atoms with Gasteiger partial charge in [-0.2, -0.15) is 0 Å². The number of likely N-dealkylation sites (N-methyl/N-ethyl adjacent to an activating group) is 1. The number of hydrogen-bond acceptors (Lipinski definition) is 4. The van der Waals surface area contributed by atoms with Gasteiger partial charge in [0.05, 0.1) is 18.7 Å². The highest BCUT2D eigenvalue weighted by atomic mass is 32.1. The minimum Gasteiger partial charge on any atom is -0.466 e. The molecule has 1 N–H and O–H groups in total. The van der Waals surface area contributed by atoms with Crippen LogP contribution in [-0.2, 0) is 9.53 Å². The fraction of sp³-hybridized carbons (Fsp3) is 0.474. The molecule has 5 nitrogen and oxygen atoms in total. The third-order valence-corrected chi connectivity index (χ3v) is 5.15. The van der Waals surface area contributed by atoms with Crippen molar-refractivity contribution in [3.05, 3.63) is 46.7 Å². The second-order valence-electron chi connectivity index (χ2n) is 6.22. The topological polar surface area (TPSA) is 44.8 Å². The third kappa shape index (κ3) is 4.62. The second-order valence-corrected chi connectivity index (χ2v) is 6.60. The number of halogens is 2. The Morgan fingerprint density at radius 2 is 2.00 bits per heavy atom. The number of esters is 1. The van der Waals surface area contributed by atoms with E-state index in [9.17, 15) is 13.6 Å². The van der Waals surface area contributed by atoms with Crippen molar-refractivity contribution in [2.24, 2.45) is 0 Å². The Hall–Kier alpha value is -2.06. The van der Waals surface area contributed by atoms with Crippen molar-refractivity contribution in [1.29, 1.82) is 0 Å². The minimum atomic E-state index is -0.838. The predicted octanol–water partition coefficient (Wildman–Crippen LogP) is 2.98. The summed E-state index contributed by atoms with van der Waals surface area (Å²) < 4.78 is 32.6. The number of ether oxygens (including phenoxy) is 1. The Morgan fingerprint density at radius 3 is 2.56 bits per heavy atom. The SMILES string of the molecule is CCN(CC)CCN1C(=S)N[C@@H](c2ccc(F)cc2F)C(C(=O)OC)=C1C. The number of nitrogens with zero attached hydrogens (tertiary/aromatic N) is 2. The molecule has 0 bridgehead atoms. The Balaban J connectivity index is 2.43. The Labute approximate surface area is 164 Å². The number of hydrogen-bond donors (Lipinski definition) is 1. The fourth-order valence-corrected chi connectivity index (χ4v) is 3.52. The molecule has 8 heteroatoms. The van der Waals surface area contributed by atoms with E-state index in [4.69, 9.17) is 17.0 Å². The van der Waals surface area contributed by atoms with Crippen molar-refractivity contribution in [3.8, 4) is 0 Å². The number of allylic oxidation sites excluding steroid dienone is 1. The molecule has 0 saturated carbocycles. The van der Waals surface area contributed by atoms with E-state index in [2.05, 4.69) is 24.1 Å². The number of benzene rings is 1. The average molecular weight is 397 g/mol.